The maximum Gasteiger partial charge on any atom is 0.341 e. The largest absolute Gasteiger partial charge is 0.484 e. The van der Waals surface area contributed by atoms with Gasteiger partial charge in [0.2, 0.25) is 5.78 Å². The average molecular weight is 284 g/mol. The normalized spacial score (nSPS) is 14.5. The first kappa shape index (κ1) is 14.8. The highest BCUT2D eigenvalue weighted by Crippen LogP contribution is 2.24. The second-order valence-corrected chi connectivity index (χ2v) is 4.53. The predicted octanol–water partition coefficient (Wildman–Crippen LogP) is 2.72. The first-order valence-electron chi connectivity index (χ1n) is 6.51. The van der Waals surface area contributed by atoms with E-state index in [0.717, 1.165) is 5.56 Å². The third-order valence-corrected chi connectivity index (χ3v) is 3.09. The molecule has 0 bridgehead atoms. The van der Waals surface area contributed by atoms with Crippen molar-refractivity contribution in [1.29, 1.82) is 0 Å². The van der Waals surface area contributed by atoms with Crippen molar-refractivity contribution in [3.63, 3.8) is 0 Å². The molecule has 1 aliphatic rings. The highest BCUT2D eigenvalue weighted by molar-refractivity contribution is 6.07. The van der Waals surface area contributed by atoms with E-state index in [2.05, 4.69) is 6.58 Å². The number of carbonyl (C=O) groups is 2. The van der Waals surface area contributed by atoms with Crippen LogP contribution in [-0.2, 0) is 25.7 Å². The molecule has 1 aromatic rings. The number of hydrogen-bond donors (Lipinski definition) is 0. The van der Waals surface area contributed by atoms with Gasteiger partial charge >= 0.3 is 5.97 Å². The van der Waals surface area contributed by atoms with Crippen LogP contribution in [0.15, 0.2) is 66.0 Å². The third-order valence-electron chi connectivity index (χ3n) is 3.09. The van der Waals surface area contributed by atoms with Gasteiger partial charge in [0.25, 0.3) is 0 Å². The van der Waals surface area contributed by atoms with E-state index in [0.29, 0.717) is 5.57 Å². The van der Waals surface area contributed by atoms with Crippen LogP contribution >= 0.6 is 0 Å². The molecule has 0 heterocycles. The summed E-state index contributed by atoms with van der Waals surface area (Å²) in [4.78, 5) is 23.9. The van der Waals surface area contributed by atoms with E-state index in [-0.39, 0.29) is 30.1 Å². The number of hydrogen-bond acceptors (Lipinski definition) is 4. The fraction of sp³-hybridized carbons (Fsp3) is 0.176. The molecule has 21 heavy (non-hydrogen) atoms. The van der Waals surface area contributed by atoms with Crippen molar-refractivity contribution in [1.82, 2.24) is 0 Å². The average Bonchev–Trinajstić information content (AvgIpc) is 2.53. The maximum atomic E-state index is 12.1. The van der Waals surface area contributed by atoms with E-state index < -0.39 is 5.97 Å². The summed E-state index contributed by atoms with van der Waals surface area (Å²) in [5.41, 5.74) is 1.73. The molecule has 0 saturated carbocycles. The maximum absolute atomic E-state index is 12.1. The van der Waals surface area contributed by atoms with E-state index in [1.54, 1.807) is 12.2 Å². The van der Waals surface area contributed by atoms with E-state index in [1.165, 1.54) is 7.11 Å². The lowest BCUT2D eigenvalue weighted by atomic mass is 9.96. The Morgan fingerprint density at radius 2 is 2.05 bits per heavy atom. The van der Waals surface area contributed by atoms with Crippen LogP contribution < -0.4 is 0 Å². The predicted molar refractivity (Wildman–Crippen MR) is 78.2 cm³/mol. The Hall–Kier alpha value is -2.62. The molecule has 4 heteroatoms. The third kappa shape index (κ3) is 3.48. The standard InChI is InChI=1S/C17H16O4/c1-3-12-9-14(17(19)20-2)16(15(18)10-12)21-11-13-7-5-4-6-8-13/h3-9H,1,10-11H2,2H3. The lowest BCUT2D eigenvalue weighted by Gasteiger charge is -2.17. The van der Waals surface area contributed by atoms with Crippen molar-refractivity contribution in [3.8, 4) is 0 Å². The number of benzene rings is 1. The van der Waals surface area contributed by atoms with Gasteiger partial charge in [0, 0.05) is 6.42 Å². The minimum Gasteiger partial charge on any atom is -0.484 e. The molecule has 0 radical (unpaired) electrons. The molecule has 0 amide bonds. The van der Waals surface area contributed by atoms with Crippen LogP contribution in [0.4, 0.5) is 0 Å². The molecule has 0 fully saturated rings. The Morgan fingerprint density at radius 1 is 1.33 bits per heavy atom. The first-order valence-corrected chi connectivity index (χ1v) is 6.51. The van der Waals surface area contributed by atoms with Crippen molar-refractivity contribution in [2.24, 2.45) is 0 Å². The smallest absolute Gasteiger partial charge is 0.341 e. The SMILES string of the molecule is C=CC1=CC(C(=O)OC)=C(OCc2ccccc2)C(=O)C1. The number of rotatable bonds is 5. The number of carbonyl (C=O) groups excluding carboxylic acids is 2. The number of ketones is 1. The Bertz CT molecular complexity index is 623. The summed E-state index contributed by atoms with van der Waals surface area (Å²) in [7, 11) is 1.27. The lowest BCUT2D eigenvalue weighted by Crippen LogP contribution is -2.19. The fourth-order valence-corrected chi connectivity index (χ4v) is 2.00. The number of ether oxygens (including phenoxy) is 2. The zero-order valence-electron chi connectivity index (χ0n) is 11.8. The second kappa shape index (κ2) is 6.70. The van der Waals surface area contributed by atoms with E-state index in [1.807, 2.05) is 30.3 Å². The van der Waals surface area contributed by atoms with Crippen molar-refractivity contribution < 1.29 is 19.1 Å². The number of esters is 1. The summed E-state index contributed by atoms with van der Waals surface area (Å²) in [5, 5.41) is 0. The Balaban J connectivity index is 2.28. The summed E-state index contributed by atoms with van der Waals surface area (Å²) >= 11 is 0. The van der Waals surface area contributed by atoms with Gasteiger partial charge in [-0.2, -0.15) is 0 Å². The Kier molecular flexibility index (Phi) is 4.72. The monoisotopic (exact) mass is 284 g/mol. The number of Topliss-reactive ketones (excluding diaryl/α,β-unsaturated/α-hetero) is 1. The topological polar surface area (TPSA) is 52.6 Å². The molecule has 108 valence electrons. The Labute approximate surface area is 123 Å². The minimum atomic E-state index is -0.592. The molecule has 4 nitrogen and oxygen atoms in total. The molecule has 1 aromatic carbocycles. The van der Waals surface area contributed by atoms with Crippen LogP contribution in [0.25, 0.3) is 0 Å². The van der Waals surface area contributed by atoms with Gasteiger partial charge in [0.15, 0.2) is 5.76 Å². The summed E-state index contributed by atoms with van der Waals surface area (Å²) < 4.78 is 10.3. The molecule has 0 aromatic heterocycles. The summed E-state index contributed by atoms with van der Waals surface area (Å²) in [6.07, 6.45) is 3.31. The van der Waals surface area contributed by atoms with Crippen LogP contribution in [0, 0.1) is 0 Å². The fourth-order valence-electron chi connectivity index (χ4n) is 2.00. The molecule has 0 N–H and O–H groups in total. The van der Waals surface area contributed by atoms with E-state index in [4.69, 9.17) is 9.47 Å². The molecule has 0 saturated heterocycles. The van der Waals surface area contributed by atoms with Crippen molar-refractivity contribution >= 4 is 11.8 Å². The highest BCUT2D eigenvalue weighted by Gasteiger charge is 2.26. The van der Waals surface area contributed by atoms with Crippen LogP contribution in [-0.4, -0.2) is 18.9 Å². The highest BCUT2D eigenvalue weighted by atomic mass is 16.5. The van der Waals surface area contributed by atoms with Gasteiger partial charge < -0.3 is 9.47 Å². The summed E-state index contributed by atoms with van der Waals surface area (Å²) in [6.45, 7) is 3.84. The first-order chi connectivity index (χ1) is 10.2. The van der Waals surface area contributed by atoms with Gasteiger partial charge in [-0.3, -0.25) is 4.79 Å². The van der Waals surface area contributed by atoms with Gasteiger partial charge in [0.1, 0.15) is 12.2 Å². The number of methoxy groups -OCH3 is 1. The van der Waals surface area contributed by atoms with Crippen LogP contribution in [0.2, 0.25) is 0 Å². The zero-order chi connectivity index (χ0) is 15.2. The molecule has 0 aliphatic heterocycles. The molecule has 0 atom stereocenters. The lowest BCUT2D eigenvalue weighted by molar-refractivity contribution is -0.136. The van der Waals surface area contributed by atoms with Crippen molar-refractivity contribution in [2.75, 3.05) is 7.11 Å². The van der Waals surface area contributed by atoms with Crippen LogP contribution in [0.3, 0.4) is 0 Å². The quantitative estimate of drug-likeness (QED) is 0.780. The Morgan fingerprint density at radius 3 is 2.67 bits per heavy atom. The van der Waals surface area contributed by atoms with Crippen LogP contribution in [0.1, 0.15) is 12.0 Å². The molecule has 2 rings (SSSR count). The van der Waals surface area contributed by atoms with Crippen molar-refractivity contribution in [3.05, 3.63) is 71.5 Å². The molecule has 0 spiro atoms. The van der Waals surface area contributed by atoms with Gasteiger partial charge in [-0.25, -0.2) is 4.79 Å². The number of allylic oxidation sites excluding steroid dienone is 3. The van der Waals surface area contributed by atoms with E-state index in [9.17, 15) is 9.59 Å². The molecule has 0 unspecified atom stereocenters. The zero-order valence-corrected chi connectivity index (χ0v) is 11.8. The van der Waals surface area contributed by atoms with Gasteiger partial charge in [-0.1, -0.05) is 43.0 Å². The van der Waals surface area contributed by atoms with Gasteiger partial charge in [-0.05, 0) is 17.2 Å². The van der Waals surface area contributed by atoms with E-state index >= 15 is 0 Å². The van der Waals surface area contributed by atoms with Crippen LogP contribution in [0.5, 0.6) is 0 Å². The summed E-state index contributed by atoms with van der Waals surface area (Å²) in [5.74, 6) is -0.787. The molecular formula is C17H16O4. The van der Waals surface area contributed by atoms with Crippen molar-refractivity contribution in [2.45, 2.75) is 13.0 Å². The minimum absolute atomic E-state index is 0.0521. The van der Waals surface area contributed by atoms with Gasteiger partial charge in [0.05, 0.1) is 7.11 Å². The molecule has 1 aliphatic carbocycles. The second-order valence-electron chi connectivity index (χ2n) is 4.53. The molecular weight excluding hydrogens is 268 g/mol. The van der Waals surface area contributed by atoms with Gasteiger partial charge in [-0.15, -0.1) is 0 Å². The summed E-state index contributed by atoms with van der Waals surface area (Å²) in [6, 6.07) is 9.43.